The SMILES string of the molecule is CCC(=O)C(F)C(=O)c1c(OC)cccc1OC. The molecule has 0 bridgehead atoms. The lowest BCUT2D eigenvalue weighted by Crippen LogP contribution is -2.26. The lowest BCUT2D eigenvalue weighted by Gasteiger charge is -2.13. The molecule has 0 fully saturated rings. The monoisotopic (exact) mass is 254 g/mol. The minimum absolute atomic E-state index is 0.0373. The molecular weight excluding hydrogens is 239 g/mol. The number of methoxy groups -OCH3 is 2. The summed E-state index contributed by atoms with van der Waals surface area (Å²) in [6, 6.07) is 4.64. The van der Waals surface area contributed by atoms with Crippen molar-refractivity contribution in [2.75, 3.05) is 14.2 Å². The molecule has 0 N–H and O–H groups in total. The number of halogens is 1. The quantitative estimate of drug-likeness (QED) is 0.577. The molecule has 1 atom stereocenters. The molecule has 0 amide bonds. The number of carbonyl (C=O) groups excluding carboxylic acids is 2. The Balaban J connectivity index is 3.22. The summed E-state index contributed by atoms with van der Waals surface area (Å²) in [5, 5.41) is 0. The Morgan fingerprint density at radius 1 is 1.22 bits per heavy atom. The van der Waals surface area contributed by atoms with Gasteiger partial charge in [-0.05, 0) is 12.1 Å². The number of hydrogen-bond donors (Lipinski definition) is 0. The van der Waals surface area contributed by atoms with Crippen molar-refractivity contribution in [2.45, 2.75) is 19.5 Å². The van der Waals surface area contributed by atoms with E-state index in [2.05, 4.69) is 0 Å². The van der Waals surface area contributed by atoms with Crippen molar-refractivity contribution in [1.82, 2.24) is 0 Å². The maximum atomic E-state index is 13.7. The number of rotatable bonds is 6. The number of Topliss-reactive ketones (excluding diaryl/α,β-unsaturated/α-hetero) is 2. The first-order valence-electron chi connectivity index (χ1n) is 5.48. The second-order valence-corrected chi connectivity index (χ2v) is 3.58. The zero-order valence-electron chi connectivity index (χ0n) is 10.5. The van der Waals surface area contributed by atoms with Crippen LogP contribution in [0.2, 0.25) is 0 Å². The van der Waals surface area contributed by atoms with Crippen LogP contribution in [0.3, 0.4) is 0 Å². The molecule has 5 heteroatoms. The standard InChI is InChI=1S/C13H15FO4/c1-4-8(15)12(14)13(16)11-9(17-2)6-5-7-10(11)18-3/h5-7,12H,4H2,1-3H3. The average molecular weight is 254 g/mol. The van der Waals surface area contributed by atoms with Crippen molar-refractivity contribution < 1.29 is 23.5 Å². The van der Waals surface area contributed by atoms with E-state index in [9.17, 15) is 14.0 Å². The van der Waals surface area contributed by atoms with Crippen molar-refractivity contribution >= 4 is 11.6 Å². The third-order valence-corrected chi connectivity index (χ3v) is 2.54. The van der Waals surface area contributed by atoms with E-state index in [1.807, 2.05) is 0 Å². The zero-order chi connectivity index (χ0) is 13.7. The van der Waals surface area contributed by atoms with Gasteiger partial charge in [0.1, 0.15) is 17.1 Å². The molecule has 0 aliphatic carbocycles. The third kappa shape index (κ3) is 2.67. The van der Waals surface area contributed by atoms with Crippen molar-refractivity contribution in [3.63, 3.8) is 0 Å². The predicted molar refractivity (Wildman–Crippen MR) is 64.1 cm³/mol. The van der Waals surface area contributed by atoms with Crippen molar-refractivity contribution in [3.8, 4) is 11.5 Å². The van der Waals surface area contributed by atoms with Gasteiger partial charge in [-0.25, -0.2) is 4.39 Å². The van der Waals surface area contributed by atoms with Gasteiger partial charge in [0, 0.05) is 6.42 Å². The van der Waals surface area contributed by atoms with Crippen LogP contribution >= 0.6 is 0 Å². The molecule has 1 rings (SSSR count). The van der Waals surface area contributed by atoms with Gasteiger partial charge in [0.05, 0.1) is 14.2 Å². The summed E-state index contributed by atoms with van der Waals surface area (Å²) in [5.41, 5.74) is -0.0446. The van der Waals surface area contributed by atoms with Crippen LogP contribution in [0.4, 0.5) is 4.39 Å². The highest BCUT2D eigenvalue weighted by Gasteiger charge is 2.30. The number of benzene rings is 1. The van der Waals surface area contributed by atoms with Crippen LogP contribution in [0.25, 0.3) is 0 Å². The third-order valence-electron chi connectivity index (χ3n) is 2.54. The topological polar surface area (TPSA) is 52.6 Å². The Hall–Kier alpha value is -1.91. The van der Waals surface area contributed by atoms with Gasteiger partial charge in [0.25, 0.3) is 0 Å². The molecule has 1 aromatic carbocycles. The summed E-state index contributed by atoms with van der Waals surface area (Å²) in [6.45, 7) is 1.50. The number of hydrogen-bond acceptors (Lipinski definition) is 4. The zero-order valence-corrected chi connectivity index (χ0v) is 10.5. The van der Waals surface area contributed by atoms with E-state index in [4.69, 9.17) is 9.47 Å². The first-order valence-corrected chi connectivity index (χ1v) is 5.48. The van der Waals surface area contributed by atoms with E-state index >= 15 is 0 Å². The van der Waals surface area contributed by atoms with Gasteiger partial charge in [0.2, 0.25) is 12.0 Å². The summed E-state index contributed by atoms with van der Waals surface area (Å²) in [7, 11) is 2.72. The van der Waals surface area contributed by atoms with Gasteiger partial charge in [0.15, 0.2) is 5.78 Å². The highest BCUT2D eigenvalue weighted by molar-refractivity contribution is 6.15. The van der Waals surface area contributed by atoms with Crippen molar-refractivity contribution in [2.24, 2.45) is 0 Å². The van der Waals surface area contributed by atoms with E-state index in [0.29, 0.717) is 0 Å². The Morgan fingerprint density at radius 2 is 1.72 bits per heavy atom. The fraction of sp³-hybridized carbons (Fsp3) is 0.385. The molecule has 18 heavy (non-hydrogen) atoms. The molecule has 0 aliphatic rings. The fourth-order valence-electron chi connectivity index (χ4n) is 1.55. The van der Waals surface area contributed by atoms with Crippen LogP contribution in [0, 0.1) is 0 Å². The largest absolute Gasteiger partial charge is 0.496 e. The summed E-state index contributed by atoms with van der Waals surface area (Å²) in [6.07, 6.45) is -2.22. The van der Waals surface area contributed by atoms with E-state index in [-0.39, 0.29) is 23.5 Å². The van der Waals surface area contributed by atoms with E-state index in [1.54, 1.807) is 6.07 Å². The highest BCUT2D eigenvalue weighted by atomic mass is 19.1. The highest BCUT2D eigenvalue weighted by Crippen LogP contribution is 2.30. The van der Waals surface area contributed by atoms with Crippen LogP contribution in [-0.2, 0) is 4.79 Å². The van der Waals surface area contributed by atoms with E-state index in [0.717, 1.165) is 0 Å². The molecule has 0 spiro atoms. The molecule has 0 aliphatic heterocycles. The molecule has 0 heterocycles. The van der Waals surface area contributed by atoms with Gasteiger partial charge in [-0.1, -0.05) is 13.0 Å². The van der Waals surface area contributed by atoms with E-state index in [1.165, 1.54) is 33.3 Å². The van der Waals surface area contributed by atoms with Crippen LogP contribution in [0.5, 0.6) is 11.5 Å². The second kappa shape index (κ2) is 6.14. The van der Waals surface area contributed by atoms with Crippen molar-refractivity contribution in [3.05, 3.63) is 23.8 Å². The molecule has 4 nitrogen and oxygen atoms in total. The van der Waals surface area contributed by atoms with Crippen LogP contribution in [0.1, 0.15) is 23.7 Å². The summed E-state index contributed by atoms with van der Waals surface area (Å²) < 4.78 is 23.7. The Bertz CT molecular complexity index is 434. The minimum atomic E-state index is -2.18. The molecular formula is C13H15FO4. The van der Waals surface area contributed by atoms with Gasteiger partial charge in [-0.15, -0.1) is 0 Å². The Kier molecular flexibility index (Phi) is 4.83. The summed E-state index contributed by atoms with van der Waals surface area (Å²) in [5.74, 6) is -1.32. The van der Waals surface area contributed by atoms with Gasteiger partial charge < -0.3 is 9.47 Å². The van der Waals surface area contributed by atoms with E-state index < -0.39 is 17.7 Å². The summed E-state index contributed by atoms with van der Waals surface area (Å²) in [4.78, 5) is 23.2. The lowest BCUT2D eigenvalue weighted by molar-refractivity contribution is -0.121. The van der Waals surface area contributed by atoms with Crippen LogP contribution in [0.15, 0.2) is 18.2 Å². The Labute approximate surface area is 105 Å². The maximum absolute atomic E-state index is 13.7. The van der Waals surface area contributed by atoms with Crippen LogP contribution < -0.4 is 9.47 Å². The average Bonchev–Trinajstić information content (AvgIpc) is 2.43. The number of carbonyl (C=O) groups is 2. The number of alkyl halides is 1. The Morgan fingerprint density at radius 3 is 2.11 bits per heavy atom. The molecule has 0 saturated carbocycles. The maximum Gasteiger partial charge on any atom is 0.221 e. The predicted octanol–water partition coefficient (Wildman–Crippen LogP) is 2.20. The molecule has 1 unspecified atom stereocenters. The number of ether oxygens (including phenoxy) is 2. The first kappa shape index (κ1) is 14.2. The number of ketones is 2. The molecule has 0 radical (unpaired) electrons. The van der Waals surface area contributed by atoms with Gasteiger partial charge in [-0.2, -0.15) is 0 Å². The van der Waals surface area contributed by atoms with Crippen molar-refractivity contribution in [1.29, 1.82) is 0 Å². The van der Waals surface area contributed by atoms with Gasteiger partial charge >= 0.3 is 0 Å². The fourth-order valence-corrected chi connectivity index (χ4v) is 1.55. The summed E-state index contributed by atoms with van der Waals surface area (Å²) >= 11 is 0. The molecule has 0 aromatic heterocycles. The second-order valence-electron chi connectivity index (χ2n) is 3.58. The molecule has 0 saturated heterocycles. The molecule has 98 valence electrons. The van der Waals surface area contributed by atoms with Crippen LogP contribution in [-0.4, -0.2) is 32.0 Å². The normalized spacial score (nSPS) is 11.8. The lowest BCUT2D eigenvalue weighted by atomic mass is 10.0. The first-order chi connectivity index (χ1) is 8.56. The molecule has 1 aromatic rings. The smallest absolute Gasteiger partial charge is 0.221 e. The minimum Gasteiger partial charge on any atom is -0.496 e. The van der Waals surface area contributed by atoms with Gasteiger partial charge in [-0.3, -0.25) is 9.59 Å².